The molecule has 0 atom stereocenters. The summed E-state index contributed by atoms with van der Waals surface area (Å²) >= 11 is 6.11. The molecule has 0 aromatic carbocycles. The van der Waals surface area contributed by atoms with Crippen LogP contribution in [-0.2, 0) is 5.41 Å². The van der Waals surface area contributed by atoms with Gasteiger partial charge in [-0.1, -0.05) is 46.2 Å². The molecule has 1 amide bonds. The van der Waals surface area contributed by atoms with E-state index in [1.165, 1.54) is 0 Å². The van der Waals surface area contributed by atoms with Gasteiger partial charge in [-0.25, -0.2) is 4.98 Å². The lowest BCUT2D eigenvalue weighted by atomic mass is 9.90. The first-order valence-electron chi connectivity index (χ1n) is 7.51. The molecule has 0 saturated heterocycles. The lowest BCUT2D eigenvalue weighted by molar-refractivity contribution is 0.0681. The second-order valence-corrected chi connectivity index (χ2v) is 7.65. The average molecular weight is 311 g/mol. The third-order valence-corrected chi connectivity index (χ3v) is 3.45. The van der Waals surface area contributed by atoms with Crippen molar-refractivity contribution in [3.05, 3.63) is 28.5 Å². The predicted octanol–water partition coefficient (Wildman–Crippen LogP) is 4.54. The largest absolute Gasteiger partial charge is 0.336 e. The van der Waals surface area contributed by atoms with Gasteiger partial charge in [0, 0.05) is 29.3 Å². The van der Waals surface area contributed by atoms with Crippen LogP contribution in [0.1, 0.15) is 64.5 Å². The van der Waals surface area contributed by atoms with E-state index in [-0.39, 0.29) is 17.4 Å². The van der Waals surface area contributed by atoms with E-state index >= 15 is 0 Å². The second kappa shape index (κ2) is 6.78. The number of pyridine rings is 1. The first-order valence-corrected chi connectivity index (χ1v) is 7.89. The third kappa shape index (κ3) is 4.99. The highest BCUT2D eigenvalue weighted by atomic mass is 35.5. The first kappa shape index (κ1) is 18.0. The van der Waals surface area contributed by atoms with Crippen LogP contribution >= 0.6 is 11.6 Å². The highest BCUT2D eigenvalue weighted by Crippen LogP contribution is 2.24. The van der Waals surface area contributed by atoms with Crippen LogP contribution in [0.5, 0.6) is 0 Å². The predicted molar refractivity (Wildman–Crippen MR) is 89.0 cm³/mol. The Labute approximate surface area is 133 Å². The van der Waals surface area contributed by atoms with Gasteiger partial charge in [-0.2, -0.15) is 0 Å². The van der Waals surface area contributed by atoms with Crippen LogP contribution in [-0.4, -0.2) is 28.4 Å². The van der Waals surface area contributed by atoms with Crippen molar-refractivity contribution >= 4 is 17.5 Å². The van der Waals surface area contributed by atoms with Gasteiger partial charge in [-0.15, -0.1) is 0 Å². The summed E-state index contributed by atoms with van der Waals surface area (Å²) in [6.45, 7) is 15.2. The SMILES string of the molecule is CC(C)CN(C(=O)c1cc(Cl)nc(C(C)(C)C)c1)C(C)C. The van der Waals surface area contributed by atoms with E-state index in [1.54, 1.807) is 6.07 Å². The Hall–Kier alpha value is -1.09. The van der Waals surface area contributed by atoms with Crippen molar-refractivity contribution in [1.82, 2.24) is 9.88 Å². The summed E-state index contributed by atoms with van der Waals surface area (Å²) in [7, 11) is 0. The first-order chi connectivity index (χ1) is 9.52. The highest BCUT2D eigenvalue weighted by Gasteiger charge is 2.23. The molecule has 1 aromatic rings. The number of aromatic nitrogens is 1. The zero-order chi connectivity index (χ0) is 16.4. The summed E-state index contributed by atoms with van der Waals surface area (Å²) in [6, 6.07) is 3.68. The topological polar surface area (TPSA) is 33.2 Å². The van der Waals surface area contributed by atoms with Gasteiger partial charge in [0.2, 0.25) is 0 Å². The third-order valence-electron chi connectivity index (χ3n) is 3.26. The number of rotatable bonds is 4. The maximum atomic E-state index is 12.8. The molecule has 3 nitrogen and oxygen atoms in total. The van der Waals surface area contributed by atoms with Gasteiger partial charge in [0.15, 0.2) is 0 Å². The Kier molecular flexibility index (Phi) is 5.80. The fourth-order valence-corrected chi connectivity index (χ4v) is 2.30. The molecular formula is C17H27ClN2O. The van der Waals surface area contributed by atoms with E-state index < -0.39 is 0 Å². The lowest BCUT2D eigenvalue weighted by Crippen LogP contribution is -2.39. The van der Waals surface area contributed by atoms with E-state index in [2.05, 4.69) is 39.6 Å². The van der Waals surface area contributed by atoms with Crippen LogP contribution in [0.15, 0.2) is 12.1 Å². The van der Waals surface area contributed by atoms with Gasteiger partial charge in [-0.05, 0) is 31.9 Å². The van der Waals surface area contributed by atoms with Crippen LogP contribution in [0, 0.1) is 5.92 Å². The summed E-state index contributed by atoms with van der Waals surface area (Å²) in [5, 5.41) is 0.374. The number of carbonyl (C=O) groups is 1. The van der Waals surface area contributed by atoms with Crippen molar-refractivity contribution < 1.29 is 4.79 Å². The molecule has 0 aliphatic rings. The number of halogens is 1. The van der Waals surface area contributed by atoms with Crippen molar-refractivity contribution in [2.75, 3.05) is 6.54 Å². The Morgan fingerprint density at radius 1 is 1.24 bits per heavy atom. The Bertz CT molecular complexity index is 504. The Morgan fingerprint density at radius 2 is 1.81 bits per heavy atom. The van der Waals surface area contributed by atoms with Crippen LogP contribution in [0.25, 0.3) is 0 Å². The monoisotopic (exact) mass is 310 g/mol. The van der Waals surface area contributed by atoms with Crippen LogP contribution in [0.2, 0.25) is 5.15 Å². The van der Waals surface area contributed by atoms with Crippen LogP contribution in [0.3, 0.4) is 0 Å². The fraction of sp³-hybridized carbons (Fsp3) is 0.647. The van der Waals surface area contributed by atoms with Gasteiger partial charge in [0.1, 0.15) is 5.15 Å². The Balaban J connectivity index is 3.19. The quantitative estimate of drug-likeness (QED) is 0.765. The van der Waals surface area contributed by atoms with Crippen molar-refractivity contribution in [1.29, 1.82) is 0 Å². The van der Waals surface area contributed by atoms with Crippen molar-refractivity contribution in [3.8, 4) is 0 Å². The highest BCUT2D eigenvalue weighted by molar-refractivity contribution is 6.29. The summed E-state index contributed by atoms with van der Waals surface area (Å²) in [4.78, 5) is 19.0. The number of hydrogen-bond acceptors (Lipinski definition) is 2. The van der Waals surface area contributed by atoms with E-state index in [9.17, 15) is 4.79 Å². The standard InChI is InChI=1S/C17H27ClN2O/c1-11(2)10-20(12(3)4)16(21)13-8-14(17(5,6)7)19-15(18)9-13/h8-9,11-12H,10H2,1-7H3. The van der Waals surface area contributed by atoms with Crippen molar-refractivity contribution in [2.45, 2.75) is 59.9 Å². The molecule has 0 aliphatic carbocycles. The van der Waals surface area contributed by atoms with Gasteiger partial charge in [0.05, 0.1) is 0 Å². The molecule has 1 rings (SSSR count). The number of nitrogens with zero attached hydrogens (tertiary/aromatic N) is 2. The molecule has 0 bridgehead atoms. The zero-order valence-electron chi connectivity index (χ0n) is 14.2. The molecule has 0 unspecified atom stereocenters. The molecule has 0 spiro atoms. The minimum atomic E-state index is -0.138. The minimum absolute atomic E-state index is 0.0218. The molecule has 0 saturated carbocycles. The Morgan fingerprint density at radius 3 is 2.24 bits per heavy atom. The maximum Gasteiger partial charge on any atom is 0.254 e. The zero-order valence-corrected chi connectivity index (χ0v) is 15.0. The molecule has 1 aromatic heterocycles. The summed E-state index contributed by atoms with van der Waals surface area (Å²) < 4.78 is 0. The summed E-state index contributed by atoms with van der Waals surface area (Å²) in [5.41, 5.74) is 1.32. The number of carbonyl (C=O) groups excluding carboxylic acids is 1. The van der Waals surface area contributed by atoms with Gasteiger partial charge >= 0.3 is 0 Å². The van der Waals surface area contributed by atoms with Crippen molar-refractivity contribution in [2.24, 2.45) is 5.92 Å². The van der Waals surface area contributed by atoms with Crippen molar-refractivity contribution in [3.63, 3.8) is 0 Å². The lowest BCUT2D eigenvalue weighted by Gasteiger charge is -2.29. The van der Waals surface area contributed by atoms with Gasteiger partial charge in [-0.3, -0.25) is 4.79 Å². The molecule has 0 radical (unpaired) electrons. The number of amides is 1. The minimum Gasteiger partial charge on any atom is -0.336 e. The molecule has 4 heteroatoms. The fourth-order valence-electron chi connectivity index (χ4n) is 2.09. The molecule has 21 heavy (non-hydrogen) atoms. The van der Waals surface area contributed by atoms with E-state index in [1.807, 2.05) is 24.8 Å². The molecule has 0 N–H and O–H groups in total. The smallest absolute Gasteiger partial charge is 0.254 e. The summed E-state index contributed by atoms with van der Waals surface area (Å²) in [5.74, 6) is 0.448. The van der Waals surface area contributed by atoms with Crippen LogP contribution < -0.4 is 0 Å². The summed E-state index contributed by atoms with van der Waals surface area (Å²) in [6.07, 6.45) is 0. The van der Waals surface area contributed by atoms with Crippen LogP contribution in [0.4, 0.5) is 0 Å². The van der Waals surface area contributed by atoms with E-state index in [4.69, 9.17) is 11.6 Å². The molecule has 0 fully saturated rings. The average Bonchev–Trinajstić information content (AvgIpc) is 2.32. The molecule has 1 heterocycles. The molecule has 118 valence electrons. The van der Waals surface area contributed by atoms with Gasteiger partial charge in [0.25, 0.3) is 5.91 Å². The maximum absolute atomic E-state index is 12.8. The second-order valence-electron chi connectivity index (χ2n) is 7.26. The normalized spacial score (nSPS) is 12.1. The van der Waals surface area contributed by atoms with E-state index in [0.717, 1.165) is 12.2 Å². The molecule has 0 aliphatic heterocycles. The number of hydrogen-bond donors (Lipinski definition) is 0. The van der Waals surface area contributed by atoms with E-state index in [0.29, 0.717) is 16.6 Å². The molecular weight excluding hydrogens is 284 g/mol. The van der Waals surface area contributed by atoms with Gasteiger partial charge < -0.3 is 4.90 Å².